The van der Waals surface area contributed by atoms with Gasteiger partial charge in [0.2, 0.25) is 0 Å². The van der Waals surface area contributed by atoms with Crippen molar-refractivity contribution in [2.75, 3.05) is 7.11 Å². The highest BCUT2D eigenvalue weighted by Crippen LogP contribution is 2.35. The summed E-state index contributed by atoms with van der Waals surface area (Å²) in [5, 5.41) is 4.72. The molecule has 0 bridgehead atoms. The third kappa shape index (κ3) is 4.31. The van der Waals surface area contributed by atoms with Crippen LogP contribution in [0, 0.1) is 18.7 Å². The van der Waals surface area contributed by atoms with Gasteiger partial charge in [-0.3, -0.25) is 0 Å². The van der Waals surface area contributed by atoms with Crippen molar-refractivity contribution < 1.29 is 9.13 Å². The van der Waals surface area contributed by atoms with Gasteiger partial charge in [0.25, 0.3) is 0 Å². The van der Waals surface area contributed by atoms with Crippen LogP contribution in [0.1, 0.15) is 47.7 Å². The summed E-state index contributed by atoms with van der Waals surface area (Å²) in [4.78, 5) is 9.11. The van der Waals surface area contributed by atoms with Gasteiger partial charge in [0.15, 0.2) is 5.82 Å². The van der Waals surface area contributed by atoms with Gasteiger partial charge < -0.3 is 9.30 Å². The Morgan fingerprint density at radius 2 is 1.94 bits per heavy atom. The highest BCUT2D eigenvalue weighted by atomic mass is 19.1. The number of rotatable bonds is 5. The van der Waals surface area contributed by atoms with Crippen LogP contribution >= 0.6 is 0 Å². The number of hydrogen-bond acceptors (Lipinski definition) is 4. The number of nitrogens with zero attached hydrogens (tertiary/aromatic N) is 5. The van der Waals surface area contributed by atoms with Crippen LogP contribution in [0.4, 0.5) is 4.39 Å². The first-order valence-corrected chi connectivity index (χ1v) is 11.1. The summed E-state index contributed by atoms with van der Waals surface area (Å²) < 4.78 is 23.0. The van der Waals surface area contributed by atoms with E-state index in [0.29, 0.717) is 11.7 Å². The number of ether oxygens (including phenoxy) is 1. The van der Waals surface area contributed by atoms with Gasteiger partial charge in [0.1, 0.15) is 17.4 Å². The Balaban J connectivity index is 1.42. The lowest BCUT2D eigenvalue weighted by Crippen LogP contribution is -2.24. The van der Waals surface area contributed by atoms with Crippen LogP contribution in [0.15, 0.2) is 55.0 Å². The summed E-state index contributed by atoms with van der Waals surface area (Å²) in [5.74, 6) is 2.72. The molecule has 33 heavy (non-hydrogen) atoms. The molecule has 5 rings (SSSR count). The third-order valence-corrected chi connectivity index (χ3v) is 6.04. The molecule has 0 aliphatic carbocycles. The number of hydrogen-bond donors (Lipinski definition) is 0. The second-order valence-electron chi connectivity index (χ2n) is 8.64. The fraction of sp³-hybridized carbons (Fsp3) is 0.269. The normalized spacial score (nSPS) is 17.9. The van der Waals surface area contributed by atoms with Gasteiger partial charge in [-0.15, -0.1) is 0 Å². The number of aromatic nitrogens is 5. The number of imidazole rings is 1. The number of fused-ring (bicyclic) bond motifs is 1. The third-order valence-electron chi connectivity index (χ3n) is 6.04. The van der Waals surface area contributed by atoms with E-state index in [0.717, 1.165) is 47.0 Å². The topological polar surface area (TPSA) is 57.8 Å². The van der Waals surface area contributed by atoms with Gasteiger partial charge in [-0.05, 0) is 60.7 Å². The Morgan fingerprint density at radius 3 is 2.67 bits per heavy atom. The lowest BCUT2D eigenvalue weighted by molar-refractivity contribution is 0.342. The molecular formula is C26H26FN5O. The molecule has 2 aromatic carbocycles. The van der Waals surface area contributed by atoms with Crippen LogP contribution in [0.5, 0.6) is 5.75 Å². The maximum Gasteiger partial charge on any atom is 0.174 e. The zero-order valence-electron chi connectivity index (χ0n) is 18.9. The van der Waals surface area contributed by atoms with Crippen molar-refractivity contribution in [2.24, 2.45) is 5.92 Å². The number of methoxy groups -OCH3 is 1. The molecule has 168 valence electrons. The van der Waals surface area contributed by atoms with Gasteiger partial charge in [-0.25, -0.2) is 19.0 Å². The molecule has 0 spiro atoms. The Hall–Kier alpha value is -3.74. The molecule has 0 radical (unpaired) electrons. The second kappa shape index (κ2) is 8.65. The Morgan fingerprint density at radius 1 is 1.12 bits per heavy atom. The zero-order valence-corrected chi connectivity index (χ0v) is 18.9. The predicted molar refractivity (Wildman–Crippen MR) is 126 cm³/mol. The van der Waals surface area contributed by atoms with Crippen LogP contribution in [-0.4, -0.2) is 31.4 Å². The molecule has 0 fully saturated rings. The van der Waals surface area contributed by atoms with Crippen LogP contribution in [0.2, 0.25) is 0 Å². The monoisotopic (exact) mass is 443 g/mol. The fourth-order valence-corrected chi connectivity index (χ4v) is 4.43. The van der Waals surface area contributed by atoms with E-state index < -0.39 is 0 Å². The minimum atomic E-state index is -0.225. The van der Waals surface area contributed by atoms with E-state index in [1.165, 1.54) is 12.1 Å². The summed E-state index contributed by atoms with van der Waals surface area (Å²) in [6.45, 7) is 5.01. The van der Waals surface area contributed by atoms with Crippen molar-refractivity contribution in [3.05, 3.63) is 89.3 Å². The van der Waals surface area contributed by atoms with E-state index in [9.17, 15) is 4.39 Å². The first-order chi connectivity index (χ1) is 16.0. The molecule has 0 saturated heterocycles. The predicted octanol–water partition coefficient (Wildman–Crippen LogP) is 5.26. The summed E-state index contributed by atoms with van der Waals surface area (Å²) in [5.41, 5.74) is 3.94. The summed E-state index contributed by atoms with van der Waals surface area (Å²) >= 11 is 0. The van der Waals surface area contributed by atoms with Gasteiger partial charge in [0.05, 0.1) is 24.8 Å². The molecule has 1 aliphatic rings. The number of benzene rings is 2. The van der Waals surface area contributed by atoms with Gasteiger partial charge >= 0.3 is 0 Å². The van der Waals surface area contributed by atoms with Gasteiger partial charge in [-0.1, -0.05) is 31.2 Å². The molecule has 2 atom stereocenters. The molecule has 0 N–H and O–H groups in total. The lowest BCUT2D eigenvalue weighted by Gasteiger charge is -2.27. The zero-order chi connectivity index (χ0) is 22.9. The van der Waals surface area contributed by atoms with Crippen molar-refractivity contribution in [1.82, 2.24) is 24.3 Å². The first kappa shape index (κ1) is 21.1. The van der Waals surface area contributed by atoms with E-state index >= 15 is 0 Å². The van der Waals surface area contributed by atoms with Crippen molar-refractivity contribution in [3.8, 4) is 11.4 Å². The largest absolute Gasteiger partial charge is 0.495 e. The molecule has 6 nitrogen and oxygen atoms in total. The summed E-state index contributed by atoms with van der Waals surface area (Å²) in [7, 11) is 1.66. The van der Waals surface area contributed by atoms with E-state index in [1.54, 1.807) is 13.4 Å². The maximum absolute atomic E-state index is 13.4. The fourth-order valence-electron chi connectivity index (χ4n) is 4.43. The molecule has 2 aromatic heterocycles. The molecule has 1 aliphatic heterocycles. The Kier molecular flexibility index (Phi) is 5.54. The van der Waals surface area contributed by atoms with Crippen LogP contribution in [0.25, 0.3) is 17.8 Å². The number of halogens is 1. The first-order valence-electron chi connectivity index (χ1n) is 11.1. The smallest absolute Gasteiger partial charge is 0.174 e. The molecular weight excluding hydrogens is 417 g/mol. The van der Waals surface area contributed by atoms with Gasteiger partial charge in [0, 0.05) is 18.7 Å². The molecule has 0 saturated carbocycles. The SMILES string of the molecule is COc1cc(C=Cc2nc3n(n2)C[C@@H](C)CC3c2ccc(F)cc2)ccc1-n1cnc(C)c1. The Bertz CT molecular complexity index is 1300. The van der Waals surface area contributed by atoms with Crippen molar-refractivity contribution in [2.45, 2.75) is 32.7 Å². The highest BCUT2D eigenvalue weighted by molar-refractivity contribution is 5.69. The average molecular weight is 444 g/mol. The maximum atomic E-state index is 13.4. The molecule has 3 heterocycles. The highest BCUT2D eigenvalue weighted by Gasteiger charge is 2.29. The van der Waals surface area contributed by atoms with Crippen LogP contribution in [0.3, 0.4) is 0 Å². The minimum Gasteiger partial charge on any atom is -0.495 e. The molecule has 4 aromatic rings. The quantitative estimate of drug-likeness (QED) is 0.422. The average Bonchev–Trinajstić information content (AvgIpc) is 3.43. The standard InChI is InChI=1S/C26H26FN5O/c1-17-12-22(20-6-8-21(27)9-7-20)26-29-25(30-32(26)14-17)11-5-19-4-10-23(24(13-19)33-3)31-15-18(2)28-16-31/h4-11,13,15-17,22H,12,14H2,1-3H3/t17-,22?/m0/s1. The molecule has 0 amide bonds. The molecule has 1 unspecified atom stereocenters. The summed E-state index contributed by atoms with van der Waals surface area (Å²) in [6.07, 6.45) is 8.63. The summed E-state index contributed by atoms with van der Waals surface area (Å²) in [6, 6.07) is 12.8. The number of aryl methyl sites for hydroxylation is 1. The van der Waals surface area contributed by atoms with E-state index in [4.69, 9.17) is 14.8 Å². The van der Waals surface area contributed by atoms with Crippen LogP contribution < -0.4 is 4.74 Å². The lowest BCUT2D eigenvalue weighted by atomic mass is 9.86. The van der Waals surface area contributed by atoms with E-state index in [2.05, 4.69) is 11.9 Å². The van der Waals surface area contributed by atoms with E-state index in [-0.39, 0.29) is 11.7 Å². The second-order valence-corrected chi connectivity index (χ2v) is 8.64. The molecule has 7 heteroatoms. The van der Waals surface area contributed by atoms with E-state index in [1.807, 2.05) is 64.9 Å². The van der Waals surface area contributed by atoms with Gasteiger partial charge in [-0.2, -0.15) is 5.10 Å². The minimum absolute atomic E-state index is 0.113. The van der Waals surface area contributed by atoms with Crippen molar-refractivity contribution in [1.29, 1.82) is 0 Å². The van der Waals surface area contributed by atoms with Crippen molar-refractivity contribution >= 4 is 12.2 Å². The van der Waals surface area contributed by atoms with Crippen molar-refractivity contribution in [3.63, 3.8) is 0 Å². The van der Waals surface area contributed by atoms with Crippen LogP contribution in [-0.2, 0) is 6.54 Å². The Labute approximate surface area is 192 Å².